The molecule has 0 spiro atoms. The third-order valence-electron chi connectivity index (χ3n) is 3.53. The van der Waals surface area contributed by atoms with Crippen molar-refractivity contribution in [3.05, 3.63) is 31.7 Å². The highest BCUT2D eigenvalue weighted by Crippen LogP contribution is 2.21. The summed E-state index contributed by atoms with van der Waals surface area (Å²) in [6.07, 6.45) is 0.703. The van der Waals surface area contributed by atoms with Crippen molar-refractivity contribution >= 4 is 75.8 Å². The van der Waals surface area contributed by atoms with Crippen molar-refractivity contribution in [2.24, 2.45) is 14.1 Å². The van der Waals surface area contributed by atoms with E-state index in [-0.39, 0.29) is 11.8 Å². The van der Waals surface area contributed by atoms with Gasteiger partial charge in [0.05, 0.1) is 36.5 Å². The van der Waals surface area contributed by atoms with Gasteiger partial charge >= 0.3 is 0 Å². The highest BCUT2D eigenvalue weighted by Gasteiger charge is 2.26. The van der Waals surface area contributed by atoms with Crippen molar-refractivity contribution in [1.29, 1.82) is 10.5 Å². The summed E-state index contributed by atoms with van der Waals surface area (Å²) in [6.45, 7) is 1.85. The van der Waals surface area contributed by atoms with Crippen LogP contribution in [0, 0.1) is 29.6 Å². The molecular weight excluding hydrogens is 642 g/mol. The van der Waals surface area contributed by atoms with Crippen LogP contribution in [0.15, 0.2) is 8.95 Å². The fourth-order valence-electron chi connectivity index (χ4n) is 2.06. The van der Waals surface area contributed by atoms with Gasteiger partial charge in [0.1, 0.15) is 12.1 Å². The molecule has 2 aromatic heterocycles. The number of halogens is 4. The van der Waals surface area contributed by atoms with Crippen molar-refractivity contribution in [3.63, 3.8) is 0 Å². The minimum Gasteiger partial charge on any atom is -0.274 e. The van der Waals surface area contributed by atoms with Crippen LogP contribution in [0.3, 0.4) is 0 Å². The Balaban J connectivity index is 0.000000220. The van der Waals surface area contributed by atoms with Gasteiger partial charge in [-0.1, -0.05) is 15.9 Å². The zero-order valence-corrected chi connectivity index (χ0v) is 21.9. The van der Waals surface area contributed by atoms with Crippen LogP contribution in [0.2, 0.25) is 0 Å². The van der Waals surface area contributed by atoms with Crippen molar-refractivity contribution in [2.75, 3.05) is 0 Å². The van der Waals surface area contributed by atoms with Gasteiger partial charge in [-0.15, -0.1) is 0 Å². The van der Waals surface area contributed by atoms with Gasteiger partial charge in [-0.3, -0.25) is 19.0 Å². The van der Waals surface area contributed by atoms with Gasteiger partial charge in [-0.05, 0) is 38.8 Å². The highest BCUT2D eigenvalue weighted by atomic mass is 79.9. The first-order chi connectivity index (χ1) is 13.6. The van der Waals surface area contributed by atoms with Crippen LogP contribution >= 0.6 is 63.9 Å². The summed E-state index contributed by atoms with van der Waals surface area (Å²) in [6, 6.07) is 4.09. The summed E-state index contributed by atoms with van der Waals surface area (Å²) in [5.41, 5.74) is 2.82. The second-order valence-electron chi connectivity index (χ2n) is 5.53. The van der Waals surface area contributed by atoms with Crippen molar-refractivity contribution in [2.45, 2.75) is 25.1 Å². The third kappa shape index (κ3) is 6.47. The Morgan fingerprint density at radius 1 is 0.966 bits per heavy atom. The molecule has 0 unspecified atom stereocenters. The maximum Gasteiger partial charge on any atom is 0.239 e. The Labute approximate surface area is 201 Å². The summed E-state index contributed by atoms with van der Waals surface area (Å²) >= 11 is 12.6. The number of imide groups is 1. The van der Waals surface area contributed by atoms with Crippen LogP contribution in [0.5, 0.6) is 0 Å². The number of carbonyl (C=O) groups excluding carboxylic acids is 2. The number of hydrogen-bond acceptors (Lipinski definition) is 6. The average molecular weight is 657 g/mol. The van der Waals surface area contributed by atoms with E-state index in [9.17, 15) is 9.59 Å². The third-order valence-corrected chi connectivity index (χ3v) is 6.64. The minimum absolute atomic E-state index is 0.144. The zero-order valence-electron chi connectivity index (χ0n) is 15.6. The van der Waals surface area contributed by atoms with Gasteiger partial charge in [-0.25, -0.2) is 3.93 Å². The predicted molar refractivity (Wildman–Crippen MR) is 119 cm³/mol. The van der Waals surface area contributed by atoms with Crippen LogP contribution < -0.4 is 0 Å². The monoisotopic (exact) mass is 653 g/mol. The molecule has 0 atom stereocenters. The van der Waals surface area contributed by atoms with E-state index in [0.717, 1.165) is 24.3 Å². The van der Waals surface area contributed by atoms with Crippen LogP contribution in [0.4, 0.5) is 0 Å². The second kappa shape index (κ2) is 11.6. The highest BCUT2D eigenvalue weighted by molar-refractivity contribution is 9.11. The van der Waals surface area contributed by atoms with E-state index >= 15 is 0 Å². The lowest BCUT2D eigenvalue weighted by molar-refractivity contribution is -0.131. The molecule has 0 aromatic carbocycles. The maximum absolute atomic E-state index is 10.4. The largest absolute Gasteiger partial charge is 0.274 e. The molecule has 1 aliphatic heterocycles. The molecule has 0 radical (unpaired) electrons. The molecule has 0 N–H and O–H groups in total. The van der Waals surface area contributed by atoms with E-state index in [2.05, 4.69) is 80.2 Å². The molecular formula is C16H15Br4N7O2. The standard InChI is InChI=1S/C6H5Br2N3.C6H6BrN3.C4H4BrNO2/c1-11-5(3-9)6(8)4(2-7)10-11;1-4-6(7)5(3-8)10(2)9-4;5-6-3(7)1-2-4(6)8/h2H2,1H3;1-2H3;1-2H2. The number of aromatic nitrogens is 4. The molecule has 3 heterocycles. The van der Waals surface area contributed by atoms with E-state index in [1.807, 2.05) is 13.0 Å². The summed E-state index contributed by atoms with van der Waals surface area (Å²) in [4.78, 5) is 20.9. The topological polar surface area (TPSA) is 121 Å². The summed E-state index contributed by atoms with van der Waals surface area (Å²) in [5.74, 6) is -0.287. The molecule has 2 amide bonds. The molecule has 2 aromatic rings. The Bertz CT molecular complexity index is 985. The smallest absolute Gasteiger partial charge is 0.239 e. The van der Waals surface area contributed by atoms with Crippen LogP contribution in [0.25, 0.3) is 0 Å². The van der Waals surface area contributed by atoms with Crippen molar-refractivity contribution in [3.8, 4) is 12.1 Å². The number of amides is 2. The summed E-state index contributed by atoms with van der Waals surface area (Å²) in [5, 5.41) is 26.0. The molecule has 29 heavy (non-hydrogen) atoms. The van der Waals surface area contributed by atoms with E-state index in [1.54, 1.807) is 23.5 Å². The maximum atomic E-state index is 10.4. The van der Waals surface area contributed by atoms with Gasteiger partial charge < -0.3 is 0 Å². The fraction of sp³-hybridized carbons (Fsp3) is 0.375. The first-order valence-corrected chi connectivity index (χ1v) is 11.3. The Hall–Kier alpha value is -1.54. The predicted octanol–water partition coefficient (Wildman–Crippen LogP) is 3.76. The normalized spacial score (nSPS) is 12.5. The van der Waals surface area contributed by atoms with Gasteiger partial charge in [-0.2, -0.15) is 20.7 Å². The molecule has 1 fully saturated rings. The number of nitrogens with zero attached hydrogens (tertiary/aromatic N) is 7. The van der Waals surface area contributed by atoms with Gasteiger partial charge in [0, 0.05) is 32.3 Å². The fourth-order valence-corrected chi connectivity index (χ4v) is 4.18. The van der Waals surface area contributed by atoms with Crippen LogP contribution in [-0.2, 0) is 29.0 Å². The molecule has 0 aliphatic carbocycles. The van der Waals surface area contributed by atoms with Gasteiger partial charge in [0.15, 0.2) is 11.4 Å². The number of hydrogen-bond donors (Lipinski definition) is 0. The van der Waals surface area contributed by atoms with Crippen molar-refractivity contribution < 1.29 is 9.59 Å². The van der Waals surface area contributed by atoms with Gasteiger partial charge in [0.25, 0.3) is 0 Å². The van der Waals surface area contributed by atoms with Crippen LogP contribution in [0.1, 0.15) is 35.6 Å². The molecule has 154 valence electrons. The molecule has 0 bridgehead atoms. The Kier molecular flexibility index (Phi) is 10.2. The summed E-state index contributed by atoms with van der Waals surface area (Å²) in [7, 11) is 3.49. The average Bonchev–Trinajstić information content (AvgIpc) is 3.24. The lowest BCUT2D eigenvalue weighted by atomic mass is 10.4. The Morgan fingerprint density at radius 3 is 1.62 bits per heavy atom. The number of rotatable bonds is 1. The van der Waals surface area contributed by atoms with E-state index in [0.29, 0.717) is 29.6 Å². The molecule has 0 saturated carbocycles. The quantitative estimate of drug-likeness (QED) is 0.262. The van der Waals surface area contributed by atoms with E-state index in [1.165, 1.54) is 0 Å². The Morgan fingerprint density at radius 2 is 1.41 bits per heavy atom. The SMILES string of the molecule is Cc1nn(C)c(C#N)c1Br.Cn1nc(CBr)c(Br)c1C#N.O=C1CCC(=O)N1Br. The number of alkyl halides is 1. The van der Waals surface area contributed by atoms with Crippen molar-refractivity contribution in [1.82, 2.24) is 23.5 Å². The second-order valence-corrected chi connectivity index (χ2v) is 8.39. The minimum atomic E-state index is -0.144. The lowest BCUT2D eigenvalue weighted by Crippen LogP contribution is -2.16. The molecule has 13 heteroatoms. The first-order valence-electron chi connectivity index (χ1n) is 7.87. The first kappa shape index (κ1) is 25.5. The number of carbonyl (C=O) groups is 2. The molecule has 1 aliphatic rings. The van der Waals surface area contributed by atoms with E-state index in [4.69, 9.17) is 10.5 Å². The number of nitriles is 2. The number of aryl methyl sites for hydroxylation is 3. The molecule has 9 nitrogen and oxygen atoms in total. The van der Waals surface area contributed by atoms with Crippen LogP contribution in [-0.4, -0.2) is 35.3 Å². The lowest BCUT2D eigenvalue weighted by Gasteiger charge is -1.97. The summed E-state index contributed by atoms with van der Waals surface area (Å²) < 4.78 is 5.66. The molecule has 1 saturated heterocycles. The van der Waals surface area contributed by atoms with E-state index < -0.39 is 0 Å². The van der Waals surface area contributed by atoms with Gasteiger partial charge in [0.2, 0.25) is 11.8 Å². The molecule has 3 rings (SSSR count). The zero-order chi connectivity index (χ0) is 22.3.